The van der Waals surface area contributed by atoms with E-state index in [9.17, 15) is 18.0 Å². The van der Waals surface area contributed by atoms with Crippen LogP contribution in [0.15, 0.2) is 12.4 Å². The normalized spacial score (nSPS) is 19.3. The lowest BCUT2D eigenvalue weighted by Gasteiger charge is -2.32. The van der Waals surface area contributed by atoms with Crippen LogP contribution in [0.3, 0.4) is 0 Å². The average Bonchev–Trinajstić information content (AvgIpc) is 3.03. The van der Waals surface area contributed by atoms with Crippen LogP contribution in [0.2, 0.25) is 0 Å². The van der Waals surface area contributed by atoms with Gasteiger partial charge in [0.15, 0.2) is 5.69 Å². The summed E-state index contributed by atoms with van der Waals surface area (Å²) < 4.78 is 40.2. The molecule has 0 aromatic carbocycles. The lowest BCUT2D eigenvalue weighted by molar-refractivity contribution is -0.141. The summed E-state index contributed by atoms with van der Waals surface area (Å²) in [5.74, 6) is -0.0809. The van der Waals surface area contributed by atoms with Crippen molar-refractivity contribution in [3.05, 3.63) is 18.1 Å². The molecule has 1 fully saturated rings. The fourth-order valence-electron chi connectivity index (χ4n) is 2.72. The van der Waals surface area contributed by atoms with Gasteiger partial charge in [0.2, 0.25) is 5.91 Å². The Kier molecular flexibility index (Phi) is 3.65. The van der Waals surface area contributed by atoms with Crippen molar-refractivity contribution < 1.29 is 18.0 Å². The molecule has 7 nitrogen and oxygen atoms in total. The number of amides is 1. The van der Waals surface area contributed by atoms with Crippen molar-refractivity contribution in [3.8, 4) is 0 Å². The van der Waals surface area contributed by atoms with E-state index in [0.29, 0.717) is 6.54 Å². The first-order valence-corrected chi connectivity index (χ1v) is 7.41. The molecule has 0 bridgehead atoms. The van der Waals surface area contributed by atoms with Gasteiger partial charge in [0.05, 0.1) is 6.04 Å². The molecule has 10 heteroatoms. The topological polar surface area (TPSA) is 75.4 Å². The predicted octanol–water partition coefficient (Wildman–Crippen LogP) is 1.95. The number of halogens is 3. The van der Waals surface area contributed by atoms with Gasteiger partial charge < -0.3 is 10.2 Å². The largest absolute Gasteiger partial charge is 0.433 e. The van der Waals surface area contributed by atoms with E-state index in [1.165, 1.54) is 4.52 Å². The maximum absolute atomic E-state index is 13.0. The molecule has 1 amide bonds. The maximum atomic E-state index is 13.0. The van der Waals surface area contributed by atoms with Gasteiger partial charge in [-0.15, -0.1) is 0 Å². The first kappa shape index (κ1) is 16.5. The Balaban J connectivity index is 1.91. The van der Waals surface area contributed by atoms with E-state index in [-0.39, 0.29) is 35.5 Å². The Bertz CT molecular complexity index is 779. The molecule has 0 radical (unpaired) electrons. The van der Waals surface area contributed by atoms with E-state index in [1.807, 2.05) is 20.8 Å². The zero-order valence-electron chi connectivity index (χ0n) is 13.4. The van der Waals surface area contributed by atoms with E-state index < -0.39 is 11.9 Å². The third-order valence-electron chi connectivity index (χ3n) is 3.83. The fourth-order valence-corrected chi connectivity index (χ4v) is 2.72. The van der Waals surface area contributed by atoms with Crippen LogP contribution in [0.4, 0.5) is 19.0 Å². The molecule has 2 aromatic heterocycles. The second kappa shape index (κ2) is 5.32. The highest BCUT2D eigenvalue weighted by Crippen LogP contribution is 2.30. The van der Waals surface area contributed by atoms with E-state index in [4.69, 9.17) is 0 Å². The minimum Gasteiger partial charge on any atom is -0.365 e. The summed E-state index contributed by atoms with van der Waals surface area (Å²) in [6.07, 6.45) is -3.25. The van der Waals surface area contributed by atoms with Gasteiger partial charge in [-0.25, -0.2) is 4.98 Å². The van der Waals surface area contributed by atoms with Gasteiger partial charge in [0, 0.05) is 24.6 Å². The van der Waals surface area contributed by atoms with Crippen molar-refractivity contribution >= 4 is 17.5 Å². The highest BCUT2D eigenvalue weighted by molar-refractivity contribution is 5.80. The van der Waals surface area contributed by atoms with Crippen LogP contribution in [0.1, 0.15) is 32.9 Å². The Morgan fingerprint density at radius 3 is 2.58 bits per heavy atom. The van der Waals surface area contributed by atoms with Crippen LogP contribution in [0.25, 0.3) is 5.78 Å². The van der Waals surface area contributed by atoms with Crippen molar-refractivity contribution in [2.24, 2.45) is 0 Å². The Labute approximate surface area is 135 Å². The monoisotopic (exact) mass is 342 g/mol. The highest BCUT2D eigenvalue weighted by atomic mass is 19.4. The minimum absolute atomic E-state index is 0.0417. The van der Waals surface area contributed by atoms with E-state index >= 15 is 0 Å². The van der Waals surface area contributed by atoms with Crippen LogP contribution >= 0.6 is 0 Å². The third kappa shape index (κ3) is 3.00. The smallest absolute Gasteiger partial charge is 0.365 e. The zero-order chi connectivity index (χ0) is 17.7. The fraction of sp³-hybridized carbons (Fsp3) is 0.571. The summed E-state index contributed by atoms with van der Waals surface area (Å²) in [6.45, 7) is 6.15. The summed E-state index contributed by atoms with van der Waals surface area (Å²) in [4.78, 5) is 21.0. The van der Waals surface area contributed by atoms with E-state index in [0.717, 1.165) is 12.4 Å². The van der Waals surface area contributed by atoms with Crippen molar-refractivity contribution in [2.45, 2.75) is 44.9 Å². The standard InChI is InChI=1S/C14H17F3N6O/c1-13(2,3)22-6-8(4-11(22)24)20-10-5-9(14(15,16)17)21-12-18-7-19-23(10)12/h5,7-8,20H,4,6H2,1-3H3. The van der Waals surface area contributed by atoms with Gasteiger partial charge in [-0.3, -0.25) is 4.79 Å². The number of carbonyl (C=O) groups excluding carboxylic acids is 1. The van der Waals surface area contributed by atoms with Gasteiger partial charge in [0.25, 0.3) is 5.78 Å². The highest BCUT2D eigenvalue weighted by Gasteiger charge is 2.37. The number of carbonyl (C=O) groups is 1. The number of aromatic nitrogens is 4. The van der Waals surface area contributed by atoms with E-state index in [1.54, 1.807) is 4.90 Å². The molecule has 3 rings (SSSR count). The molecule has 3 heterocycles. The first-order chi connectivity index (χ1) is 11.1. The van der Waals surface area contributed by atoms with Crippen LogP contribution in [-0.4, -0.2) is 48.5 Å². The van der Waals surface area contributed by atoms with Crippen molar-refractivity contribution in [3.63, 3.8) is 0 Å². The molecule has 1 unspecified atom stereocenters. The molecule has 1 atom stereocenters. The van der Waals surface area contributed by atoms with Crippen LogP contribution in [-0.2, 0) is 11.0 Å². The third-order valence-corrected chi connectivity index (χ3v) is 3.83. The number of nitrogens with one attached hydrogen (secondary N) is 1. The van der Waals surface area contributed by atoms with Gasteiger partial charge in [-0.1, -0.05) is 0 Å². The number of alkyl halides is 3. The Morgan fingerprint density at radius 1 is 1.29 bits per heavy atom. The lowest BCUT2D eigenvalue weighted by Crippen LogP contribution is -2.43. The Morgan fingerprint density at radius 2 is 2.00 bits per heavy atom. The number of hydrogen-bond donors (Lipinski definition) is 1. The summed E-state index contributed by atoms with van der Waals surface area (Å²) in [6, 6.07) is 0.568. The molecule has 1 aliphatic rings. The molecular formula is C14H17F3N6O. The first-order valence-electron chi connectivity index (χ1n) is 7.41. The molecule has 0 spiro atoms. The summed E-state index contributed by atoms with van der Waals surface area (Å²) in [7, 11) is 0. The number of nitrogens with zero attached hydrogens (tertiary/aromatic N) is 5. The van der Waals surface area contributed by atoms with Crippen LogP contribution in [0, 0.1) is 0 Å². The molecule has 24 heavy (non-hydrogen) atoms. The van der Waals surface area contributed by atoms with Crippen molar-refractivity contribution in [1.29, 1.82) is 0 Å². The quantitative estimate of drug-likeness (QED) is 0.903. The second-order valence-corrected chi connectivity index (χ2v) is 6.72. The summed E-state index contributed by atoms with van der Waals surface area (Å²) in [5.41, 5.74) is -1.40. The second-order valence-electron chi connectivity index (χ2n) is 6.72. The average molecular weight is 342 g/mol. The minimum atomic E-state index is -4.59. The van der Waals surface area contributed by atoms with Crippen LogP contribution in [0.5, 0.6) is 0 Å². The molecule has 0 saturated carbocycles. The van der Waals surface area contributed by atoms with Gasteiger partial charge >= 0.3 is 6.18 Å². The van der Waals surface area contributed by atoms with Crippen molar-refractivity contribution in [2.75, 3.05) is 11.9 Å². The summed E-state index contributed by atoms with van der Waals surface area (Å²) >= 11 is 0. The number of anilines is 1. The predicted molar refractivity (Wildman–Crippen MR) is 79.3 cm³/mol. The Hall–Kier alpha value is -2.39. The molecular weight excluding hydrogens is 325 g/mol. The number of fused-ring (bicyclic) bond motifs is 1. The molecule has 1 saturated heterocycles. The maximum Gasteiger partial charge on any atom is 0.433 e. The van der Waals surface area contributed by atoms with Crippen LogP contribution < -0.4 is 5.32 Å². The summed E-state index contributed by atoms with van der Waals surface area (Å²) in [5, 5.41) is 6.86. The number of hydrogen-bond acceptors (Lipinski definition) is 5. The zero-order valence-corrected chi connectivity index (χ0v) is 13.4. The molecule has 2 aromatic rings. The molecule has 130 valence electrons. The lowest BCUT2D eigenvalue weighted by atomic mass is 10.1. The van der Waals surface area contributed by atoms with Gasteiger partial charge in [0.1, 0.15) is 12.1 Å². The number of likely N-dealkylation sites (tertiary alicyclic amines) is 1. The van der Waals surface area contributed by atoms with E-state index in [2.05, 4.69) is 20.4 Å². The molecule has 1 N–H and O–H groups in total. The van der Waals surface area contributed by atoms with Crippen molar-refractivity contribution in [1.82, 2.24) is 24.5 Å². The SMILES string of the molecule is CC(C)(C)N1CC(Nc2cc(C(F)(F)F)nc3ncnn23)CC1=O. The van der Waals surface area contributed by atoms with Gasteiger partial charge in [-0.05, 0) is 20.8 Å². The molecule has 0 aliphatic carbocycles. The number of rotatable bonds is 2. The van der Waals surface area contributed by atoms with Gasteiger partial charge in [-0.2, -0.15) is 27.8 Å². The molecule has 1 aliphatic heterocycles.